The van der Waals surface area contributed by atoms with Gasteiger partial charge >= 0.3 is 0 Å². The third-order valence-electron chi connectivity index (χ3n) is 6.27. The molecule has 0 bridgehead atoms. The van der Waals surface area contributed by atoms with Gasteiger partial charge in [-0.1, -0.05) is 56.7 Å². The second-order valence-corrected chi connectivity index (χ2v) is 10.4. The Morgan fingerprint density at radius 3 is 2.58 bits per heavy atom. The Morgan fingerprint density at radius 1 is 1.16 bits per heavy atom. The molecule has 2 aliphatic rings. The summed E-state index contributed by atoms with van der Waals surface area (Å²) in [6.45, 7) is 8.25. The minimum absolute atomic E-state index is 0.0270. The normalized spacial score (nSPS) is 24.1. The summed E-state index contributed by atoms with van der Waals surface area (Å²) >= 11 is 0. The van der Waals surface area contributed by atoms with Crippen LogP contribution in [0.3, 0.4) is 0 Å². The summed E-state index contributed by atoms with van der Waals surface area (Å²) in [6.07, 6.45) is 10.1. The molecule has 1 aromatic rings. The van der Waals surface area contributed by atoms with Crippen molar-refractivity contribution in [3.05, 3.63) is 76.1 Å². The number of aromatic hydroxyl groups is 1. The lowest BCUT2D eigenvalue weighted by Gasteiger charge is -2.35. The molecule has 0 saturated carbocycles. The second kappa shape index (κ2) is 9.60. The van der Waals surface area contributed by atoms with E-state index in [1.54, 1.807) is 6.07 Å². The van der Waals surface area contributed by atoms with Crippen LogP contribution in [0, 0.1) is 17.8 Å². The minimum atomic E-state index is -4.71. The molecule has 1 N–H and O–H groups in total. The first-order valence-electron chi connectivity index (χ1n) is 10.8. The number of benzene rings is 1. The number of hydrogen-bond donors (Lipinski definition) is 1. The SMILES string of the molecule is CC1=C(Cc2ccc(O)c(CC3=CC(C)CC=C3)c2)C(C)C(C)C(OCP(=O)([O-])[O-])=C1. The zero-order valence-corrected chi connectivity index (χ0v) is 19.5. The van der Waals surface area contributed by atoms with Gasteiger partial charge in [0.1, 0.15) is 17.9 Å². The van der Waals surface area contributed by atoms with E-state index in [2.05, 4.69) is 38.1 Å². The maximum absolute atomic E-state index is 10.9. The van der Waals surface area contributed by atoms with E-state index in [9.17, 15) is 19.5 Å². The average molecular weight is 442 g/mol. The Labute approximate surface area is 185 Å². The van der Waals surface area contributed by atoms with Gasteiger partial charge in [-0.2, -0.15) is 0 Å². The van der Waals surface area contributed by atoms with Crippen molar-refractivity contribution < 1.29 is 24.2 Å². The first-order valence-corrected chi connectivity index (χ1v) is 12.5. The van der Waals surface area contributed by atoms with E-state index in [4.69, 9.17) is 4.74 Å². The fraction of sp³-hybridized carbons (Fsp3) is 0.440. The number of allylic oxidation sites excluding steroid dienone is 8. The van der Waals surface area contributed by atoms with Crippen LogP contribution in [0.1, 0.15) is 45.2 Å². The summed E-state index contributed by atoms with van der Waals surface area (Å²) in [7, 11) is -4.71. The van der Waals surface area contributed by atoms with Crippen LogP contribution in [0.2, 0.25) is 0 Å². The summed E-state index contributed by atoms with van der Waals surface area (Å²) in [6, 6.07) is 5.78. The smallest absolute Gasteiger partial charge is 0.119 e. The highest BCUT2D eigenvalue weighted by Crippen LogP contribution is 2.38. The Hall–Kier alpha value is -2.07. The van der Waals surface area contributed by atoms with E-state index in [1.807, 2.05) is 26.0 Å². The maximum atomic E-state index is 10.9. The summed E-state index contributed by atoms with van der Waals surface area (Å²) in [5, 5.41) is 10.4. The van der Waals surface area contributed by atoms with Crippen LogP contribution < -0.4 is 9.79 Å². The van der Waals surface area contributed by atoms with Crippen molar-refractivity contribution in [1.29, 1.82) is 0 Å². The van der Waals surface area contributed by atoms with Gasteiger partial charge in [0.2, 0.25) is 0 Å². The van der Waals surface area contributed by atoms with Crippen molar-refractivity contribution in [2.24, 2.45) is 17.8 Å². The van der Waals surface area contributed by atoms with Crippen molar-refractivity contribution in [1.82, 2.24) is 0 Å². The van der Waals surface area contributed by atoms with Gasteiger partial charge in [-0.3, -0.25) is 0 Å². The van der Waals surface area contributed by atoms with Gasteiger partial charge in [0.15, 0.2) is 0 Å². The lowest BCUT2D eigenvalue weighted by molar-refractivity contribution is -0.317. The van der Waals surface area contributed by atoms with E-state index in [0.717, 1.165) is 29.5 Å². The van der Waals surface area contributed by atoms with E-state index in [-0.39, 0.29) is 11.8 Å². The van der Waals surface area contributed by atoms with Crippen LogP contribution in [0.4, 0.5) is 0 Å². The number of ether oxygens (including phenoxy) is 1. The van der Waals surface area contributed by atoms with Crippen LogP contribution in [0.5, 0.6) is 5.75 Å². The van der Waals surface area contributed by atoms with E-state index >= 15 is 0 Å². The predicted octanol–water partition coefficient (Wildman–Crippen LogP) is 4.37. The van der Waals surface area contributed by atoms with E-state index in [1.165, 1.54) is 11.1 Å². The van der Waals surface area contributed by atoms with E-state index < -0.39 is 13.9 Å². The molecular weight excluding hydrogens is 411 g/mol. The molecule has 168 valence electrons. The molecule has 3 atom stereocenters. The standard InChI is InChI=1S/C25H33O5P/c1-16-6-5-7-20(10-16)12-22-13-21(8-9-24(22)26)14-23-17(2)11-25(19(4)18(23)3)30-15-31(27,28)29/h5,7-11,13,16,18-19,26H,6,12,14-15H2,1-4H3,(H2,27,28,29)/p-2. The molecule has 0 fully saturated rings. The lowest BCUT2D eigenvalue weighted by Crippen LogP contribution is -2.24. The highest BCUT2D eigenvalue weighted by atomic mass is 31.2. The Morgan fingerprint density at radius 2 is 1.90 bits per heavy atom. The number of rotatable bonds is 7. The van der Waals surface area contributed by atoms with Crippen LogP contribution in [0.15, 0.2) is 65.0 Å². The fourth-order valence-electron chi connectivity index (χ4n) is 4.34. The largest absolute Gasteiger partial charge is 0.808 e. The van der Waals surface area contributed by atoms with Crippen molar-refractivity contribution in [3.8, 4) is 5.75 Å². The van der Waals surface area contributed by atoms with Crippen LogP contribution in [-0.4, -0.2) is 11.5 Å². The zero-order valence-electron chi connectivity index (χ0n) is 18.6. The second-order valence-electron chi connectivity index (χ2n) is 8.89. The lowest BCUT2D eigenvalue weighted by atomic mass is 9.78. The first-order chi connectivity index (χ1) is 14.5. The topological polar surface area (TPSA) is 92.7 Å². The monoisotopic (exact) mass is 442 g/mol. The minimum Gasteiger partial charge on any atom is -0.808 e. The predicted molar refractivity (Wildman–Crippen MR) is 119 cm³/mol. The molecule has 5 nitrogen and oxygen atoms in total. The van der Waals surface area contributed by atoms with Crippen molar-refractivity contribution in [3.63, 3.8) is 0 Å². The molecule has 0 radical (unpaired) electrons. The van der Waals surface area contributed by atoms with Crippen molar-refractivity contribution in [2.75, 3.05) is 6.35 Å². The Bertz CT molecular complexity index is 995. The molecule has 0 aliphatic heterocycles. The van der Waals surface area contributed by atoms with Crippen molar-refractivity contribution >= 4 is 7.60 Å². The molecule has 0 saturated heterocycles. The third kappa shape index (κ3) is 6.22. The molecule has 0 spiro atoms. The molecular formula is C25H31O5P-2. The Kier molecular flexibility index (Phi) is 7.31. The number of hydrogen-bond acceptors (Lipinski definition) is 5. The third-order valence-corrected chi connectivity index (χ3v) is 6.72. The summed E-state index contributed by atoms with van der Waals surface area (Å²) < 4.78 is 16.3. The van der Waals surface area contributed by atoms with Gasteiger partial charge in [0.25, 0.3) is 0 Å². The molecule has 3 unspecified atom stereocenters. The van der Waals surface area contributed by atoms with Gasteiger partial charge in [0.05, 0.1) is 0 Å². The van der Waals surface area contributed by atoms with Gasteiger partial charge in [-0.25, -0.2) is 0 Å². The summed E-state index contributed by atoms with van der Waals surface area (Å²) in [5.74, 6) is 1.48. The fourth-order valence-corrected chi connectivity index (χ4v) is 4.65. The van der Waals surface area contributed by atoms with Crippen LogP contribution >= 0.6 is 7.60 Å². The summed E-state index contributed by atoms with van der Waals surface area (Å²) in [5.41, 5.74) is 5.53. The van der Waals surface area contributed by atoms with E-state index in [0.29, 0.717) is 23.8 Å². The quantitative estimate of drug-likeness (QED) is 0.633. The molecule has 0 aromatic heterocycles. The molecule has 31 heavy (non-hydrogen) atoms. The van der Waals surface area contributed by atoms with Gasteiger partial charge in [-0.15, -0.1) is 0 Å². The maximum Gasteiger partial charge on any atom is 0.119 e. The highest BCUT2D eigenvalue weighted by Gasteiger charge is 2.27. The molecule has 6 heteroatoms. The summed E-state index contributed by atoms with van der Waals surface area (Å²) in [4.78, 5) is 21.9. The highest BCUT2D eigenvalue weighted by molar-refractivity contribution is 7.48. The molecule has 0 amide bonds. The van der Waals surface area contributed by atoms with Crippen molar-refractivity contribution in [2.45, 2.75) is 47.0 Å². The average Bonchev–Trinajstić information content (AvgIpc) is 2.69. The molecule has 3 rings (SSSR count). The molecule has 1 aromatic carbocycles. The Balaban J connectivity index is 1.80. The first kappa shape index (κ1) is 23.6. The number of phenols is 1. The molecule has 0 heterocycles. The van der Waals surface area contributed by atoms with Gasteiger partial charge in [0, 0.05) is 12.3 Å². The van der Waals surface area contributed by atoms with Gasteiger partial charge < -0.3 is 24.2 Å². The number of phenolic OH excluding ortho intramolecular Hbond substituents is 1. The van der Waals surface area contributed by atoms with Gasteiger partial charge in [-0.05, 0) is 73.6 Å². The zero-order chi connectivity index (χ0) is 22.8. The van der Waals surface area contributed by atoms with Crippen LogP contribution in [0.25, 0.3) is 0 Å². The molecule has 2 aliphatic carbocycles. The van der Waals surface area contributed by atoms with Crippen LogP contribution in [-0.2, 0) is 22.1 Å².